The number of aryl methyl sites for hydroxylation is 1. The summed E-state index contributed by atoms with van der Waals surface area (Å²) >= 11 is 1.22. The van der Waals surface area contributed by atoms with Crippen LogP contribution in [-0.4, -0.2) is 45.1 Å². The molecule has 2 heterocycles. The third-order valence-corrected chi connectivity index (χ3v) is 4.09. The van der Waals surface area contributed by atoms with E-state index in [-0.39, 0.29) is 11.8 Å². The van der Waals surface area contributed by atoms with Gasteiger partial charge in [0.1, 0.15) is 5.52 Å². The van der Waals surface area contributed by atoms with Crippen LogP contribution in [0.15, 0.2) is 17.3 Å². The summed E-state index contributed by atoms with van der Waals surface area (Å²) in [4.78, 5) is 19.9. The Kier molecular flexibility index (Phi) is 5.19. The summed E-state index contributed by atoms with van der Waals surface area (Å²) in [5, 5.41) is 9.56. The molecule has 21 heavy (non-hydrogen) atoms. The minimum absolute atomic E-state index is 0.0146. The van der Waals surface area contributed by atoms with E-state index in [9.17, 15) is 4.79 Å². The lowest BCUT2D eigenvalue weighted by Crippen LogP contribution is -2.11. The first-order valence-electron chi connectivity index (χ1n) is 6.72. The van der Waals surface area contributed by atoms with E-state index in [4.69, 9.17) is 9.84 Å². The van der Waals surface area contributed by atoms with Gasteiger partial charge >= 0.3 is 5.97 Å². The first-order valence-corrected chi connectivity index (χ1v) is 7.70. The summed E-state index contributed by atoms with van der Waals surface area (Å²) in [5.74, 6) is -0.869. The van der Waals surface area contributed by atoms with Crippen LogP contribution >= 0.6 is 11.8 Å². The Morgan fingerprint density at radius 3 is 2.90 bits per heavy atom. The highest BCUT2D eigenvalue weighted by atomic mass is 32.2. The molecule has 2 aromatic rings. The molecule has 114 valence electrons. The van der Waals surface area contributed by atoms with E-state index in [2.05, 4.69) is 16.9 Å². The van der Waals surface area contributed by atoms with Crippen molar-refractivity contribution in [1.29, 1.82) is 0 Å². The molecule has 0 saturated carbocycles. The fourth-order valence-electron chi connectivity index (χ4n) is 2.09. The van der Waals surface area contributed by atoms with Gasteiger partial charge < -0.3 is 14.4 Å². The first-order chi connectivity index (χ1) is 10.0. The minimum Gasteiger partial charge on any atom is -0.481 e. The van der Waals surface area contributed by atoms with Crippen molar-refractivity contribution in [2.75, 3.05) is 19.5 Å². The van der Waals surface area contributed by atoms with E-state index < -0.39 is 5.97 Å². The number of aromatic nitrogens is 3. The van der Waals surface area contributed by atoms with Gasteiger partial charge in [0.2, 0.25) is 0 Å². The number of nitrogens with zero attached hydrogens (tertiary/aromatic N) is 3. The normalized spacial score (nSPS) is 12.7. The van der Waals surface area contributed by atoms with Crippen LogP contribution in [0.3, 0.4) is 0 Å². The second-order valence-corrected chi connectivity index (χ2v) is 5.82. The number of thioether (sulfide) groups is 1. The van der Waals surface area contributed by atoms with E-state index >= 15 is 0 Å². The molecule has 0 amide bonds. The SMILES string of the molecule is COCCC(C)n1c(SCC(=O)O)nc2ccc(C)nc21. The zero-order valence-corrected chi connectivity index (χ0v) is 13.2. The predicted octanol–water partition coefficient (Wildman–Crippen LogP) is 2.51. The van der Waals surface area contributed by atoms with E-state index in [1.165, 1.54) is 11.8 Å². The number of rotatable bonds is 7. The molecule has 1 atom stereocenters. The minimum atomic E-state index is -0.854. The third-order valence-electron chi connectivity index (χ3n) is 3.15. The highest BCUT2D eigenvalue weighted by molar-refractivity contribution is 7.99. The van der Waals surface area contributed by atoms with Crippen LogP contribution in [0.1, 0.15) is 25.1 Å². The van der Waals surface area contributed by atoms with Gasteiger partial charge in [-0.3, -0.25) is 4.79 Å². The highest BCUT2D eigenvalue weighted by Crippen LogP contribution is 2.28. The number of ether oxygens (including phenoxy) is 1. The Bertz CT molecular complexity index is 642. The second kappa shape index (κ2) is 6.91. The molecule has 2 rings (SSSR count). The zero-order chi connectivity index (χ0) is 15.4. The van der Waals surface area contributed by atoms with Crippen molar-refractivity contribution in [3.8, 4) is 0 Å². The van der Waals surface area contributed by atoms with Gasteiger partial charge in [0.05, 0.1) is 5.75 Å². The summed E-state index contributed by atoms with van der Waals surface area (Å²) in [6, 6.07) is 3.97. The molecule has 0 aliphatic heterocycles. The van der Waals surface area contributed by atoms with Gasteiger partial charge in [0.25, 0.3) is 0 Å². The highest BCUT2D eigenvalue weighted by Gasteiger charge is 2.18. The number of hydrogen-bond donors (Lipinski definition) is 1. The van der Waals surface area contributed by atoms with Gasteiger partial charge in [0.15, 0.2) is 10.8 Å². The van der Waals surface area contributed by atoms with Gasteiger partial charge in [0, 0.05) is 25.5 Å². The molecule has 7 heteroatoms. The van der Waals surface area contributed by atoms with Crippen LogP contribution < -0.4 is 0 Å². The van der Waals surface area contributed by atoms with Crippen LogP contribution in [0, 0.1) is 6.92 Å². The van der Waals surface area contributed by atoms with Crippen LogP contribution in [0.5, 0.6) is 0 Å². The molecule has 2 aromatic heterocycles. The number of hydrogen-bond acceptors (Lipinski definition) is 5. The molecule has 0 radical (unpaired) electrons. The number of carboxylic acid groups (broad SMARTS) is 1. The molecular weight excluding hydrogens is 290 g/mol. The van der Waals surface area contributed by atoms with Gasteiger partial charge in [-0.2, -0.15) is 0 Å². The quantitative estimate of drug-likeness (QED) is 0.792. The van der Waals surface area contributed by atoms with Crippen molar-refractivity contribution < 1.29 is 14.6 Å². The van der Waals surface area contributed by atoms with Crippen LogP contribution in [-0.2, 0) is 9.53 Å². The molecule has 0 aromatic carbocycles. The summed E-state index contributed by atoms with van der Waals surface area (Å²) < 4.78 is 7.14. The van der Waals surface area contributed by atoms with Crippen molar-refractivity contribution in [1.82, 2.24) is 14.5 Å². The van der Waals surface area contributed by atoms with Crippen LogP contribution in [0.25, 0.3) is 11.2 Å². The number of fused-ring (bicyclic) bond motifs is 1. The molecule has 0 bridgehead atoms. The average Bonchev–Trinajstić information content (AvgIpc) is 2.80. The van der Waals surface area contributed by atoms with Crippen molar-refractivity contribution in [3.63, 3.8) is 0 Å². The zero-order valence-electron chi connectivity index (χ0n) is 12.4. The first kappa shape index (κ1) is 15.8. The number of aliphatic carboxylic acids is 1. The van der Waals surface area contributed by atoms with E-state index in [0.717, 1.165) is 23.3 Å². The third kappa shape index (κ3) is 3.74. The largest absolute Gasteiger partial charge is 0.481 e. The molecule has 0 aliphatic rings. The fourth-order valence-corrected chi connectivity index (χ4v) is 2.91. The topological polar surface area (TPSA) is 77.2 Å². The van der Waals surface area contributed by atoms with Crippen molar-refractivity contribution in [2.45, 2.75) is 31.5 Å². The number of pyridine rings is 1. The molecule has 0 spiro atoms. The van der Waals surface area contributed by atoms with Crippen LogP contribution in [0.4, 0.5) is 0 Å². The molecule has 1 N–H and O–H groups in total. The lowest BCUT2D eigenvalue weighted by atomic mass is 10.2. The maximum absolute atomic E-state index is 10.8. The fraction of sp³-hybridized carbons (Fsp3) is 0.500. The van der Waals surface area contributed by atoms with Crippen LogP contribution in [0.2, 0.25) is 0 Å². The average molecular weight is 309 g/mol. The van der Waals surface area contributed by atoms with E-state index in [0.29, 0.717) is 11.8 Å². The van der Waals surface area contributed by atoms with Crippen molar-refractivity contribution >= 4 is 28.9 Å². The Labute approximate surface area is 127 Å². The Balaban J connectivity index is 2.42. The molecule has 6 nitrogen and oxygen atoms in total. The number of carboxylic acids is 1. The molecular formula is C14H19N3O3S. The molecule has 0 aliphatic carbocycles. The molecule has 0 fully saturated rings. The Morgan fingerprint density at radius 1 is 1.48 bits per heavy atom. The smallest absolute Gasteiger partial charge is 0.313 e. The van der Waals surface area contributed by atoms with E-state index in [1.807, 2.05) is 23.6 Å². The number of methoxy groups -OCH3 is 1. The van der Waals surface area contributed by atoms with Crippen molar-refractivity contribution in [3.05, 3.63) is 17.8 Å². The molecule has 0 saturated heterocycles. The van der Waals surface area contributed by atoms with E-state index in [1.54, 1.807) is 7.11 Å². The Hall–Kier alpha value is -1.60. The van der Waals surface area contributed by atoms with Crippen molar-refractivity contribution in [2.24, 2.45) is 0 Å². The lowest BCUT2D eigenvalue weighted by molar-refractivity contribution is -0.133. The number of imidazole rings is 1. The van der Waals surface area contributed by atoms with Gasteiger partial charge in [-0.1, -0.05) is 11.8 Å². The summed E-state index contributed by atoms with van der Waals surface area (Å²) in [7, 11) is 1.67. The maximum atomic E-state index is 10.8. The summed E-state index contributed by atoms with van der Waals surface area (Å²) in [5.41, 5.74) is 2.50. The van der Waals surface area contributed by atoms with Gasteiger partial charge in [-0.15, -0.1) is 0 Å². The standard InChI is InChI=1S/C14H19N3O3S/c1-9-4-5-11-13(15-9)17(10(2)6-7-20-3)14(16-11)21-8-12(18)19/h4-5,10H,6-8H2,1-3H3,(H,18,19). The number of carbonyl (C=O) groups is 1. The van der Waals surface area contributed by atoms with Gasteiger partial charge in [-0.05, 0) is 32.4 Å². The predicted molar refractivity (Wildman–Crippen MR) is 81.8 cm³/mol. The maximum Gasteiger partial charge on any atom is 0.313 e. The Morgan fingerprint density at radius 2 is 2.24 bits per heavy atom. The monoisotopic (exact) mass is 309 g/mol. The van der Waals surface area contributed by atoms with Gasteiger partial charge in [-0.25, -0.2) is 9.97 Å². The summed E-state index contributed by atoms with van der Waals surface area (Å²) in [6.07, 6.45) is 0.818. The molecule has 1 unspecified atom stereocenters. The summed E-state index contributed by atoms with van der Waals surface area (Å²) in [6.45, 7) is 4.63. The lowest BCUT2D eigenvalue weighted by Gasteiger charge is -2.16. The second-order valence-electron chi connectivity index (χ2n) is 4.87.